The third-order valence-corrected chi connectivity index (χ3v) is 9.40. The molecule has 3 heterocycles. The monoisotopic (exact) mass is 553 g/mol. The van der Waals surface area contributed by atoms with Gasteiger partial charge in [0.15, 0.2) is 5.54 Å². The minimum Gasteiger partial charge on any atom is -0.507 e. The molecule has 0 saturated carbocycles. The highest BCUT2D eigenvalue weighted by atomic mass is 32.2. The summed E-state index contributed by atoms with van der Waals surface area (Å²) in [6.07, 6.45) is 1.76. The van der Waals surface area contributed by atoms with Gasteiger partial charge in [-0.3, -0.25) is 14.4 Å². The summed E-state index contributed by atoms with van der Waals surface area (Å²) in [5.41, 5.74) is -1.08. The Kier molecular flexibility index (Phi) is 6.86. The highest BCUT2D eigenvalue weighted by molar-refractivity contribution is 7.89. The number of hydrogen-bond acceptors (Lipinski definition) is 7. The summed E-state index contributed by atoms with van der Waals surface area (Å²) in [7, 11) is -0.921. The molecule has 1 N–H and O–H groups in total. The minimum absolute atomic E-state index is 0.00555. The van der Waals surface area contributed by atoms with Crippen LogP contribution in [0.5, 0.6) is 0 Å². The number of anilines is 1. The van der Waals surface area contributed by atoms with Crippen molar-refractivity contribution in [3.8, 4) is 0 Å². The lowest BCUT2D eigenvalue weighted by atomic mass is 9.81. The number of para-hydroxylation sites is 1. The number of ketones is 1. The molecule has 0 bridgehead atoms. The largest absolute Gasteiger partial charge is 0.507 e. The Morgan fingerprint density at radius 1 is 1.10 bits per heavy atom. The molecule has 39 heavy (non-hydrogen) atoms. The van der Waals surface area contributed by atoms with Crippen LogP contribution in [-0.2, 0) is 34.7 Å². The van der Waals surface area contributed by atoms with Gasteiger partial charge in [-0.15, -0.1) is 0 Å². The van der Waals surface area contributed by atoms with Crippen LogP contribution in [0, 0.1) is 0 Å². The molecule has 2 amide bonds. The first-order valence-electron chi connectivity index (χ1n) is 12.9. The average molecular weight is 554 g/mol. The number of hydrogen-bond donors (Lipinski definition) is 1. The zero-order valence-corrected chi connectivity index (χ0v) is 22.9. The van der Waals surface area contributed by atoms with Gasteiger partial charge in [-0.1, -0.05) is 25.1 Å². The number of likely N-dealkylation sites (tertiary alicyclic amines) is 1. The van der Waals surface area contributed by atoms with E-state index in [4.69, 9.17) is 4.74 Å². The predicted molar refractivity (Wildman–Crippen MR) is 143 cm³/mol. The van der Waals surface area contributed by atoms with Crippen molar-refractivity contribution in [1.82, 2.24) is 9.21 Å². The maximum atomic E-state index is 14.4. The third-order valence-electron chi connectivity index (χ3n) is 7.57. The summed E-state index contributed by atoms with van der Waals surface area (Å²) in [4.78, 5) is 44.5. The Hall–Kier alpha value is -3.54. The summed E-state index contributed by atoms with van der Waals surface area (Å²) in [6, 6.07) is 12.3. The van der Waals surface area contributed by atoms with Gasteiger partial charge in [0.25, 0.3) is 17.6 Å². The van der Waals surface area contributed by atoms with E-state index in [1.165, 1.54) is 43.3 Å². The van der Waals surface area contributed by atoms with Crippen LogP contribution >= 0.6 is 0 Å². The van der Waals surface area contributed by atoms with E-state index in [9.17, 15) is 27.9 Å². The first kappa shape index (κ1) is 27.0. The molecular weight excluding hydrogens is 522 g/mol. The second-order valence-corrected chi connectivity index (χ2v) is 12.3. The molecule has 2 fully saturated rings. The van der Waals surface area contributed by atoms with Crippen molar-refractivity contribution in [3.05, 3.63) is 65.2 Å². The van der Waals surface area contributed by atoms with Crippen LogP contribution in [0.4, 0.5) is 5.69 Å². The number of sulfonamides is 1. The minimum atomic E-state index is -3.73. The van der Waals surface area contributed by atoms with E-state index in [-0.39, 0.29) is 28.7 Å². The van der Waals surface area contributed by atoms with Crippen LogP contribution < -0.4 is 4.90 Å². The number of fused-ring (bicyclic) bond motifs is 2. The molecule has 11 heteroatoms. The van der Waals surface area contributed by atoms with Crippen LogP contribution in [0.15, 0.2) is 59.0 Å². The molecule has 2 unspecified atom stereocenters. The van der Waals surface area contributed by atoms with E-state index in [1.807, 2.05) is 6.92 Å². The van der Waals surface area contributed by atoms with E-state index >= 15 is 0 Å². The third kappa shape index (κ3) is 3.98. The number of benzene rings is 2. The van der Waals surface area contributed by atoms with Crippen molar-refractivity contribution in [2.45, 2.75) is 42.7 Å². The number of Topliss-reactive ketones (excluding diaryl/α,β-unsaturated/α-hetero) is 1. The molecule has 5 rings (SSSR count). The van der Waals surface area contributed by atoms with E-state index in [1.54, 1.807) is 29.2 Å². The fourth-order valence-electron chi connectivity index (χ4n) is 5.69. The molecule has 206 valence electrons. The molecule has 2 atom stereocenters. The quantitative estimate of drug-likeness (QED) is 0.317. The number of carbonyl (C=O) groups excluding carboxylic acids is 3. The Bertz CT molecular complexity index is 1480. The first-order chi connectivity index (χ1) is 18.6. The number of amides is 2. The van der Waals surface area contributed by atoms with Gasteiger partial charge in [0.1, 0.15) is 5.76 Å². The molecule has 10 nitrogen and oxygen atoms in total. The number of rotatable bonds is 7. The number of carbonyl (C=O) groups is 3. The van der Waals surface area contributed by atoms with Gasteiger partial charge >= 0.3 is 0 Å². The van der Waals surface area contributed by atoms with Crippen LogP contribution in [0.3, 0.4) is 0 Å². The van der Waals surface area contributed by atoms with E-state index in [0.717, 1.165) is 10.7 Å². The predicted octanol–water partition coefficient (Wildman–Crippen LogP) is 2.45. The van der Waals surface area contributed by atoms with Crippen LogP contribution in [0.1, 0.15) is 37.3 Å². The average Bonchev–Trinajstić information content (AvgIpc) is 3.58. The number of aliphatic hydroxyl groups is 1. The van der Waals surface area contributed by atoms with Gasteiger partial charge < -0.3 is 19.6 Å². The molecular formula is C28H31N3O7S. The molecule has 0 radical (unpaired) electrons. The second kappa shape index (κ2) is 9.89. The van der Waals surface area contributed by atoms with Gasteiger partial charge in [0, 0.05) is 44.9 Å². The molecule has 1 spiro atoms. The van der Waals surface area contributed by atoms with E-state index < -0.39 is 38.9 Å². The SMILES string of the molecule is CCCN1C(=O)C2(/C(=C(/O)c3ccc(S(=O)(=O)N(C)C)cc3)C(=O)C(=O)N2CC2CCCO2)c2ccccc21. The Morgan fingerprint density at radius 3 is 2.41 bits per heavy atom. The fraction of sp³-hybridized carbons (Fsp3) is 0.393. The molecule has 3 aliphatic rings. The van der Waals surface area contributed by atoms with Crippen molar-refractivity contribution < 1.29 is 32.6 Å². The summed E-state index contributed by atoms with van der Waals surface area (Å²) >= 11 is 0. The topological polar surface area (TPSA) is 125 Å². The van der Waals surface area contributed by atoms with Crippen molar-refractivity contribution in [1.29, 1.82) is 0 Å². The maximum Gasteiger partial charge on any atom is 0.296 e. The number of aliphatic hydroxyl groups excluding tert-OH is 1. The van der Waals surface area contributed by atoms with Crippen molar-refractivity contribution in [2.24, 2.45) is 0 Å². The molecule has 2 saturated heterocycles. The summed E-state index contributed by atoms with van der Waals surface area (Å²) in [5, 5.41) is 11.6. The normalized spacial score (nSPS) is 24.4. The smallest absolute Gasteiger partial charge is 0.296 e. The highest BCUT2D eigenvalue weighted by Crippen LogP contribution is 2.53. The Labute approximate surface area is 227 Å². The van der Waals surface area contributed by atoms with Crippen LogP contribution in [-0.4, -0.2) is 80.2 Å². The fourth-order valence-corrected chi connectivity index (χ4v) is 6.60. The summed E-state index contributed by atoms with van der Waals surface area (Å²) < 4.78 is 31.9. The number of ether oxygens (including phenoxy) is 1. The lowest BCUT2D eigenvalue weighted by Crippen LogP contribution is -2.53. The van der Waals surface area contributed by atoms with E-state index in [0.29, 0.717) is 37.2 Å². The second-order valence-electron chi connectivity index (χ2n) is 10.1. The van der Waals surface area contributed by atoms with Gasteiger partial charge in [-0.2, -0.15) is 0 Å². The van der Waals surface area contributed by atoms with Gasteiger partial charge in [0.05, 0.1) is 22.3 Å². The molecule has 3 aliphatic heterocycles. The van der Waals surface area contributed by atoms with Crippen molar-refractivity contribution in [3.63, 3.8) is 0 Å². The maximum absolute atomic E-state index is 14.4. The van der Waals surface area contributed by atoms with Crippen LogP contribution in [0.2, 0.25) is 0 Å². The van der Waals surface area contributed by atoms with E-state index in [2.05, 4.69) is 0 Å². The Balaban J connectivity index is 1.74. The molecule has 0 aliphatic carbocycles. The molecule has 2 aromatic rings. The van der Waals surface area contributed by atoms with Gasteiger partial charge in [-0.25, -0.2) is 12.7 Å². The van der Waals surface area contributed by atoms with Crippen molar-refractivity contribution in [2.75, 3.05) is 38.7 Å². The van der Waals surface area contributed by atoms with Gasteiger partial charge in [-0.05, 0) is 49.6 Å². The first-order valence-corrected chi connectivity index (χ1v) is 14.4. The van der Waals surface area contributed by atoms with Crippen molar-refractivity contribution >= 4 is 39.1 Å². The van der Waals surface area contributed by atoms with Gasteiger partial charge in [0.2, 0.25) is 10.0 Å². The standard InChI is InChI=1S/C28H31N3O7S/c1-4-15-30-22-10-6-5-9-21(22)28(27(30)35)23(25(33)26(34)31(28)17-19-8-7-16-38-19)24(32)18-11-13-20(14-12-18)39(36,37)29(2)3/h5-6,9-14,19,32H,4,7-8,15-17H2,1-3H3/b24-23+. The molecule has 2 aromatic carbocycles. The summed E-state index contributed by atoms with van der Waals surface area (Å²) in [6.45, 7) is 2.82. The lowest BCUT2D eigenvalue weighted by Gasteiger charge is -2.35. The Morgan fingerprint density at radius 2 is 1.79 bits per heavy atom. The molecule has 0 aromatic heterocycles. The summed E-state index contributed by atoms with van der Waals surface area (Å²) in [5.74, 6) is -2.90. The zero-order valence-electron chi connectivity index (χ0n) is 22.1. The zero-order chi connectivity index (χ0) is 28.1. The van der Waals surface area contributed by atoms with Crippen LogP contribution in [0.25, 0.3) is 5.76 Å². The highest BCUT2D eigenvalue weighted by Gasteiger charge is 2.67. The lowest BCUT2D eigenvalue weighted by molar-refractivity contribution is -0.145. The number of nitrogens with zero attached hydrogens (tertiary/aromatic N) is 3.